The van der Waals surface area contributed by atoms with Crippen LogP contribution in [0.1, 0.15) is 45.4 Å². The van der Waals surface area contributed by atoms with Crippen LogP contribution in [0, 0.1) is 0 Å². The van der Waals surface area contributed by atoms with Crippen LogP contribution in [-0.2, 0) is 23.8 Å². The quantitative estimate of drug-likeness (QED) is 0.357. The number of carbonyl (C=O) groups is 2. The summed E-state index contributed by atoms with van der Waals surface area (Å²) in [6.45, 7) is 6.22. The Balaban J connectivity index is 1.99. The Morgan fingerprint density at radius 3 is 2.74 bits per heavy atom. The van der Waals surface area contributed by atoms with Crippen LogP contribution in [-0.4, -0.2) is 50.4 Å². The van der Waals surface area contributed by atoms with Gasteiger partial charge in [0.25, 0.3) is 5.91 Å². The molecular weight excluding hydrogens is 298 g/mol. The average molecular weight is 327 g/mol. The number of amides is 1. The molecule has 132 valence electrons. The molecule has 1 atom stereocenters. The molecule has 1 N–H and O–H groups in total. The van der Waals surface area contributed by atoms with Crippen molar-refractivity contribution in [2.45, 2.75) is 57.7 Å². The van der Waals surface area contributed by atoms with Gasteiger partial charge >= 0.3 is 5.97 Å². The third-order valence-electron chi connectivity index (χ3n) is 3.69. The summed E-state index contributed by atoms with van der Waals surface area (Å²) in [5.74, 6) is -0.866. The Kier molecular flexibility index (Phi) is 10.3. The van der Waals surface area contributed by atoms with Crippen molar-refractivity contribution in [2.75, 3.05) is 26.4 Å². The molecule has 0 aromatic rings. The first-order chi connectivity index (χ1) is 11.1. The minimum atomic E-state index is -0.704. The Morgan fingerprint density at radius 2 is 2.04 bits per heavy atom. The Morgan fingerprint density at radius 1 is 1.30 bits per heavy atom. The Bertz CT molecular complexity index is 366. The Hall–Kier alpha value is -1.40. The van der Waals surface area contributed by atoms with Gasteiger partial charge in [-0.25, -0.2) is 4.79 Å². The second-order valence-electron chi connectivity index (χ2n) is 5.71. The highest BCUT2D eigenvalue weighted by Crippen LogP contribution is 2.20. The van der Waals surface area contributed by atoms with E-state index in [0.717, 1.165) is 19.3 Å². The smallest absolute Gasteiger partial charge is 0.335 e. The van der Waals surface area contributed by atoms with E-state index in [2.05, 4.69) is 11.9 Å². The van der Waals surface area contributed by atoms with Gasteiger partial charge in [-0.05, 0) is 26.2 Å². The lowest BCUT2D eigenvalue weighted by Gasteiger charge is -2.21. The number of nitrogens with one attached hydrogen (secondary N) is 1. The van der Waals surface area contributed by atoms with Gasteiger partial charge < -0.3 is 19.5 Å². The van der Waals surface area contributed by atoms with E-state index in [1.807, 2.05) is 0 Å². The van der Waals surface area contributed by atoms with Gasteiger partial charge in [-0.15, -0.1) is 6.58 Å². The van der Waals surface area contributed by atoms with Gasteiger partial charge in [0.05, 0.1) is 12.7 Å². The average Bonchev–Trinajstić information content (AvgIpc) is 2.58. The van der Waals surface area contributed by atoms with E-state index < -0.39 is 12.1 Å². The van der Waals surface area contributed by atoms with Gasteiger partial charge in [-0.1, -0.05) is 25.3 Å². The first-order valence-electron chi connectivity index (χ1n) is 8.41. The van der Waals surface area contributed by atoms with E-state index in [1.54, 1.807) is 13.0 Å². The Labute approximate surface area is 138 Å². The molecule has 1 aliphatic rings. The normalized spacial score (nSPS) is 16.6. The van der Waals surface area contributed by atoms with Gasteiger partial charge in [-0.2, -0.15) is 0 Å². The van der Waals surface area contributed by atoms with Crippen molar-refractivity contribution in [2.24, 2.45) is 0 Å². The van der Waals surface area contributed by atoms with Crippen LogP contribution in [0.4, 0.5) is 0 Å². The topological polar surface area (TPSA) is 73.9 Å². The van der Waals surface area contributed by atoms with E-state index in [0.29, 0.717) is 19.3 Å². The number of rotatable bonds is 11. The fraction of sp³-hybridized carbons (Fsp3) is 0.765. The lowest BCUT2D eigenvalue weighted by atomic mass is 9.98. The molecule has 0 saturated heterocycles. The molecule has 0 radical (unpaired) electrons. The second kappa shape index (κ2) is 12.1. The van der Waals surface area contributed by atoms with Crippen molar-refractivity contribution in [3.8, 4) is 0 Å². The molecule has 6 heteroatoms. The largest absolute Gasteiger partial charge is 0.454 e. The van der Waals surface area contributed by atoms with E-state index in [-0.39, 0.29) is 19.1 Å². The van der Waals surface area contributed by atoms with Gasteiger partial charge in [0.1, 0.15) is 0 Å². The highest BCUT2D eigenvalue weighted by molar-refractivity contribution is 5.81. The van der Waals surface area contributed by atoms with E-state index in [9.17, 15) is 9.59 Å². The van der Waals surface area contributed by atoms with Gasteiger partial charge in [0, 0.05) is 13.2 Å². The highest BCUT2D eigenvalue weighted by Gasteiger charge is 2.16. The molecule has 23 heavy (non-hydrogen) atoms. The molecule has 1 saturated carbocycles. The first-order valence-corrected chi connectivity index (χ1v) is 8.41. The van der Waals surface area contributed by atoms with Crippen molar-refractivity contribution in [1.29, 1.82) is 0 Å². The van der Waals surface area contributed by atoms with E-state index in [1.165, 1.54) is 19.3 Å². The van der Waals surface area contributed by atoms with Crippen LogP contribution in [0.3, 0.4) is 0 Å². The zero-order valence-electron chi connectivity index (χ0n) is 14.1. The zero-order valence-corrected chi connectivity index (χ0v) is 14.1. The fourth-order valence-electron chi connectivity index (χ4n) is 2.37. The van der Waals surface area contributed by atoms with Crippen LogP contribution in [0.2, 0.25) is 0 Å². The fourth-order valence-corrected chi connectivity index (χ4v) is 2.37. The summed E-state index contributed by atoms with van der Waals surface area (Å²) >= 11 is 0. The van der Waals surface area contributed by atoms with Crippen LogP contribution < -0.4 is 5.32 Å². The zero-order chi connectivity index (χ0) is 16.9. The van der Waals surface area contributed by atoms with Crippen molar-refractivity contribution in [3.63, 3.8) is 0 Å². The van der Waals surface area contributed by atoms with Crippen molar-refractivity contribution >= 4 is 11.9 Å². The highest BCUT2D eigenvalue weighted by atomic mass is 16.6. The molecule has 1 aliphatic carbocycles. The lowest BCUT2D eigenvalue weighted by molar-refractivity contribution is -0.158. The summed E-state index contributed by atoms with van der Waals surface area (Å²) in [5.41, 5.74) is 0. The van der Waals surface area contributed by atoms with Gasteiger partial charge in [0.2, 0.25) is 0 Å². The van der Waals surface area contributed by atoms with Crippen molar-refractivity contribution in [1.82, 2.24) is 5.32 Å². The monoisotopic (exact) mass is 327 g/mol. The standard InChI is InChI=1S/C17H29NO5/c1-3-11-21-14(2)17(20)23-13-16(19)18-10-7-12-22-15-8-5-4-6-9-15/h3,14-15H,1,4-13H2,2H3,(H,18,19). The maximum Gasteiger partial charge on any atom is 0.335 e. The predicted octanol–water partition coefficient (Wildman–Crippen LogP) is 1.98. The van der Waals surface area contributed by atoms with E-state index in [4.69, 9.17) is 14.2 Å². The summed E-state index contributed by atoms with van der Waals surface area (Å²) in [5, 5.41) is 2.70. The molecule has 0 aliphatic heterocycles. The van der Waals surface area contributed by atoms with Crippen LogP contribution in [0.25, 0.3) is 0 Å². The molecule has 1 unspecified atom stereocenters. The molecule has 1 rings (SSSR count). The SMILES string of the molecule is C=CCOC(C)C(=O)OCC(=O)NCCCOC1CCCCC1. The molecule has 6 nitrogen and oxygen atoms in total. The molecular formula is C17H29NO5. The summed E-state index contributed by atoms with van der Waals surface area (Å²) < 4.78 is 15.8. The summed E-state index contributed by atoms with van der Waals surface area (Å²) in [6, 6.07) is 0. The molecule has 0 bridgehead atoms. The molecule has 0 aromatic carbocycles. The number of esters is 1. The molecule has 0 heterocycles. The summed E-state index contributed by atoms with van der Waals surface area (Å²) in [6.07, 6.45) is 8.10. The first kappa shape index (κ1) is 19.6. The lowest BCUT2D eigenvalue weighted by Crippen LogP contribution is -2.33. The molecule has 1 fully saturated rings. The summed E-state index contributed by atoms with van der Waals surface area (Å²) in [4.78, 5) is 23.1. The van der Waals surface area contributed by atoms with Crippen molar-refractivity contribution < 1.29 is 23.8 Å². The number of hydrogen-bond acceptors (Lipinski definition) is 5. The minimum Gasteiger partial charge on any atom is -0.454 e. The van der Waals surface area contributed by atoms with E-state index >= 15 is 0 Å². The minimum absolute atomic E-state index is 0.267. The van der Waals surface area contributed by atoms with Crippen molar-refractivity contribution in [3.05, 3.63) is 12.7 Å². The third kappa shape index (κ3) is 9.36. The number of hydrogen-bond donors (Lipinski definition) is 1. The maximum absolute atomic E-state index is 11.6. The maximum atomic E-state index is 11.6. The number of carbonyl (C=O) groups excluding carboxylic acids is 2. The second-order valence-corrected chi connectivity index (χ2v) is 5.71. The van der Waals surface area contributed by atoms with Gasteiger partial charge in [0.15, 0.2) is 12.7 Å². The van der Waals surface area contributed by atoms with Crippen LogP contribution >= 0.6 is 0 Å². The molecule has 0 aromatic heterocycles. The molecule has 1 amide bonds. The third-order valence-corrected chi connectivity index (χ3v) is 3.69. The van der Waals surface area contributed by atoms with Gasteiger partial charge in [-0.3, -0.25) is 4.79 Å². The predicted molar refractivity (Wildman–Crippen MR) is 87.0 cm³/mol. The van der Waals surface area contributed by atoms with Crippen LogP contribution in [0.5, 0.6) is 0 Å². The summed E-state index contributed by atoms with van der Waals surface area (Å²) in [7, 11) is 0. The number of ether oxygens (including phenoxy) is 3. The molecule has 0 spiro atoms. The van der Waals surface area contributed by atoms with Crippen LogP contribution in [0.15, 0.2) is 12.7 Å².